The molecule has 0 unspecified atom stereocenters. The molecule has 34 heavy (non-hydrogen) atoms. The normalized spacial score (nSPS) is 18.6. The largest absolute Gasteiger partial charge is 0.497 e. The lowest BCUT2D eigenvalue weighted by Crippen LogP contribution is -2.30. The molecule has 0 N–H and O–H groups in total. The maximum atomic E-state index is 13.6. The van der Waals surface area contributed by atoms with Gasteiger partial charge in [0.2, 0.25) is 0 Å². The third kappa shape index (κ3) is 4.67. The molecule has 1 fully saturated rings. The number of nitrogens with zero attached hydrogens (tertiary/aromatic N) is 3. The summed E-state index contributed by atoms with van der Waals surface area (Å²) in [6, 6.07) is 12.9. The number of hydrogen-bond donors (Lipinski definition) is 0. The number of rotatable bonds is 7. The van der Waals surface area contributed by atoms with Gasteiger partial charge in [-0.1, -0.05) is 25.1 Å². The fourth-order valence-corrected chi connectivity index (χ4v) is 6.10. The fourth-order valence-electron chi connectivity index (χ4n) is 3.70. The van der Waals surface area contributed by atoms with Crippen molar-refractivity contribution in [2.75, 3.05) is 32.2 Å². The van der Waals surface area contributed by atoms with Crippen molar-refractivity contribution in [1.29, 1.82) is 0 Å². The molecule has 0 bridgehead atoms. The van der Waals surface area contributed by atoms with Gasteiger partial charge in [0.1, 0.15) is 15.7 Å². The number of hydrogen-bond acceptors (Lipinski definition) is 8. The molecular formula is C25H27N3O4S2. The number of unbranched alkanes of at least 4 members (excludes halogenated alkanes) is 1. The Labute approximate surface area is 208 Å². The Balaban J connectivity index is 1.70. The van der Waals surface area contributed by atoms with E-state index in [4.69, 9.17) is 14.5 Å². The molecule has 2 aromatic carbocycles. The maximum Gasteiger partial charge on any atom is 0.337 e. The number of fused-ring (bicyclic) bond motifs is 1. The standard InChI is InChI=1S/C25H27N3O4S2/c1-5-7-14-28-22(29)21(23-27(6-2)19-15-18(31-3)12-13-20(19)33-23)34-25(28)26-17-10-8-16(9-11-17)24(30)32-4/h8-13,15H,5-7,14H2,1-4H3/b23-21-,26-25?. The van der Waals surface area contributed by atoms with Gasteiger partial charge in [0.25, 0.3) is 5.91 Å². The summed E-state index contributed by atoms with van der Waals surface area (Å²) in [6.45, 7) is 5.52. The average Bonchev–Trinajstić information content (AvgIpc) is 3.38. The average molecular weight is 498 g/mol. The first-order chi connectivity index (χ1) is 16.5. The van der Waals surface area contributed by atoms with Gasteiger partial charge in [-0.15, -0.1) is 0 Å². The number of carbonyl (C=O) groups excluding carboxylic acids is 2. The number of amidine groups is 1. The van der Waals surface area contributed by atoms with Crippen LogP contribution < -0.4 is 9.64 Å². The molecule has 4 rings (SSSR count). The van der Waals surface area contributed by atoms with Crippen molar-refractivity contribution in [3.05, 3.63) is 58.0 Å². The van der Waals surface area contributed by atoms with E-state index in [0.29, 0.717) is 27.9 Å². The summed E-state index contributed by atoms with van der Waals surface area (Å²) >= 11 is 3.01. The van der Waals surface area contributed by atoms with Crippen molar-refractivity contribution in [3.63, 3.8) is 0 Å². The Kier molecular flexibility index (Phi) is 7.53. The number of aliphatic imine (C=N–C) groups is 1. The van der Waals surface area contributed by atoms with Crippen LogP contribution in [0.3, 0.4) is 0 Å². The van der Waals surface area contributed by atoms with Gasteiger partial charge in [0.15, 0.2) is 5.17 Å². The molecule has 1 amide bonds. The zero-order valence-corrected chi connectivity index (χ0v) is 21.3. The van der Waals surface area contributed by atoms with Crippen LogP contribution in [0.1, 0.15) is 37.0 Å². The van der Waals surface area contributed by atoms with Crippen LogP contribution >= 0.6 is 23.5 Å². The lowest BCUT2D eigenvalue weighted by Gasteiger charge is -2.19. The van der Waals surface area contributed by atoms with Crippen molar-refractivity contribution < 1.29 is 19.1 Å². The molecular weight excluding hydrogens is 470 g/mol. The van der Waals surface area contributed by atoms with Crippen LogP contribution in [0.5, 0.6) is 5.75 Å². The Bertz CT molecular complexity index is 1160. The topological polar surface area (TPSA) is 71.4 Å². The predicted molar refractivity (Wildman–Crippen MR) is 138 cm³/mol. The van der Waals surface area contributed by atoms with Crippen LogP contribution in [-0.2, 0) is 9.53 Å². The van der Waals surface area contributed by atoms with E-state index in [-0.39, 0.29) is 5.91 Å². The second kappa shape index (κ2) is 10.6. The molecule has 0 atom stereocenters. The number of esters is 1. The first kappa shape index (κ1) is 24.2. The molecule has 2 aliphatic heterocycles. The molecule has 2 aromatic rings. The number of anilines is 1. The molecule has 0 saturated carbocycles. The van der Waals surface area contributed by atoms with Crippen LogP contribution in [0.15, 0.2) is 62.3 Å². The van der Waals surface area contributed by atoms with Crippen molar-refractivity contribution in [3.8, 4) is 5.75 Å². The van der Waals surface area contributed by atoms with E-state index < -0.39 is 5.97 Å². The van der Waals surface area contributed by atoms with Gasteiger partial charge >= 0.3 is 5.97 Å². The highest BCUT2D eigenvalue weighted by Crippen LogP contribution is 2.51. The minimum atomic E-state index is -0.393. The number of ether oxygens (including phenoxy) is 2. The van der Waals surface area contributed by atoms with Crippen LogP contribution in [0, 0.1) is 0 Å². The van der Waals surface area contributed by atoms with Crippen LogP contribution in [0.25, 0.3) is 0 Å². The van der Waals surface area contributed by atoms with E-state index in [1.165, 1.54) is 18.9 Å². The lowest BCUT2D eigenvalue weighted by molar-refractivity contribution is -0.122. The van der Waals surface area contributed by atoms with Crippen LogP contribution in [0.2, 0.25) is 0 Å². The summed E-state index contributed by atoms with van der Waals surface area (Å²) in [5, 5.41) is 1.57. The molecule has 0 aliphatic carbocycles. The second-order valence-corrected chi connectivity index (χ2v) is 9.67. The third-order valence-electron chi connectivity index (χ3n) is 5.53. The van der Waals surface area contributed by atoms with E-state index in [0.717, 1.165) is 40.7 Å². The van der Waals surface area contributed by atoms with Crippen molar-refractivity contribution in [2.45, 2.75) is 31.6 Å². The zero-order valence-electron chi connectivity index (χ0n) is 19.7. The number of thioether (sulfide) groups is 2. The highest BCUT2D eigenvalue weighted by Gasteiger charge is 2.39. The highest BCUT2D eigenvalue weighted by molar-refractivity contribution is 8.19. The molecule has 0 spiro atoms. The number of carbonyl (C=O) groups is 2. The molecule has 2 heterocycles. The summed E-state index contributed by atoms with van der Waals surface area (Å²) in [4.78, 5) is 35.8. The fraction of sp³-hybridized carbons (Fsp3) is 0.320. The summed E-state index contributed by atoms with van der Waals surface area (Å²) in [6.07, 6.45) is 1.86. The number of benzene rings is 2. The highest BCUT2D eigenvalue weighted by atomic mass is 32.2. The summed E-state index contributed by atoms with van der Waals surface area (Å²) in [5.74, 6) is 0.371. The number of methoxy groups -OCH3 is 2. The van der Waals surface area contributed by atoms with E-state index in [2.05, 4.69) is 18.7 Å². The van der Waals surface area contributed by atoms with E-state index in [1.54, 1.807) is 48.0 Å². The van der Waals surface area contributed by atoms with Crippen molar-refractivity contribution in [2.24, 2.45) is 4.99 Å². The third-order valence-corrected chi connectivity index (χ3v) is 7.91. The predicted octanol–water partition coefficient (Wildman–Crippen LogP) is 5.65. The van der Waals surface area contributed by atoms with Crippen LogP contribution in [0.4, 0.5) is 11.4 Å². The van der Waals surface area contributed by atoms with Crippen molar-refractivity contribution >= 4 is 51.9 Å². The Morgan fingerprint density at radius 1 is 1.03 bits per heavy atom. The maximum absolute atomic E-state index is 13.6. The monoisotopic (exact) mass is 497 g/mol. The molecule has 2 aliphatic rings. The minimum absolute atomic E-state index is 0.0240. The van der Waals surface area contributed by atoms with Gasteiger partial charge in [-0.25, -0.2) is 9.79 Å². The van der Waals surface area contributed by atoms with E-state index in [9.17, 15) is 9.59 Å². The smallest absolute Gasteiger partial charge is 0.337 e. The Hall–Kier alpha value is -2.91. The minimum Gasteiger partial charge on any atom is -0.497 e. The van der Waals surface area contributed by atoms with Crippen molar-refractivity contribution in [1.82, 2.24) is 4.90 Å². The Morgan fingerprint density at radius 3 is 2.44 bits per heavy atom. The van der Waals surface area contributed by atoms with Gasteiger partial charge < -0.3 is 14.4 Å². The summed E-state index contributed by atoms with van der Waals surface area (Å²) < 4.78 is 10.2. The molecule has 9 heteroatoms. The first-order valence-electron chi connectivity index (χ1n) is 11.1. The quantitative estimate of drug-likeness (QED) is 0.362. The van der Waals surface area contributed by atoms with Gasteiger partial charge in [0.05, 0.1) is 31.2 Å². The van der Waals surface area contributed by atoms with Gasteiger partial charge in [-0.05, 0) is 61.5 Å². The first-order valence-corrected chi connectivity index (χ1v) is 12.8. The van der Waals surface area contributed by atoms with Gasteiger partial charge in [-0.3, -0.25) is 9.69 Å². The molecule has 178 valence electrons. The van der Waals surface area contributed by atoms with Crippen LogP contribution in [-0.4, -0.2) is 49.3 Å². The molecule has 1 saturated heterocycles. The summed E-state index contributed by atoms with van der Waals surface area (Å²) in [5.41, 5.74) is 2.18. The van der Waals surface area contributed by atoms with E-state index >= 15 is 0 Å². The lowest BCUT2D eigenvalue weighted by atomic mass is 10.2. The molecule has 7 nitrogen and oxygen atoms in total. The van der Waals surface area contributed by atoms with Gasteiger partial charge in [0, 0.05) is 24.1 Å². The van der Waals surface area contributed by atoms with Gasteiger partial charge in [-0.2, -0.15) is 0 Å². The second-order valence-electron chi connectivity index (χ2n) is 7.66. The molecule has 0 aromatic heterocycles. The molecule has 0 radical (unpaired) electrons. The number of amides is 1. The summed E-state index contributed by atoms with van der Waals surface area (Å²) in [7, 11) is 3.01. The SMILES string of the molecule is CCCCN1C(=O)/C(=C2/Sc3ccc(OC)cc3N2CC)SC1=Nc1ccc(C(=O)OC)cc1. The Morgan fingerprint density at radius 2 is 1.79 bits per heavy atom. The van der Waals surface area contributed by atoms with E-state index in [1.807, 2.05) is 18.2 Å². The zero-order chi connectivity index (χ0) is 24.2.